The molecule has 0 atom stereocenters. The number of hydrazine groups is 1. The molecule has 11 heteroatoms. The van der Waals surface area contributed by atoms with Crippen LogP contribution in [0.3, 0.4) is 0 Å². The van der Waals surface area contributed by atoms with Crippen molar-refractivity contribution in [2.75, 3.05) is 25.2 Å². The van der Waals surface area contributed by atoms with E-state index in [0.717, 1.165) is 30.2 Å². The van der Waals surface area contributed by atoms with E-state index in [1.54, 1.807) is 0 Å². The second-order valence-corrected chi connectivity index (χ2v) is 7.63. The van der Waals surface area contributed by atoms with Gasteiger partial charge in [-0.1, -0.05) is 11.3 Å². The van der Waals surface area contributed by atoms with Crippen LogP contribution >= 0.6 is 11.3 Å². The molecule has 9 nitrogen and oxygen atoms in total. The van der Waals surface area contributed by atoms with Crippen LogP contribution in [0.4, 0.5) is 10.7 Å². The summed E-state index contributed by atoms with van der Waals surface area (Å²) in [5.74, 6) is 5.38. The molecule has 1 saturated heterocycles. The van der Waals surface area contributed by atoms with Crippen LogP contribution in [-0.4, -0.2) is 33.1 Å². The van der Waals surface area contributed by atoms with Crippen molar-refractivity contribution < 1.29 is 18.1 Å². The van der Waals surface area contributed by atoms with E-state index in [-0.39, 0.29) is 20.8 Å². The Bertz CT molecular complexity index is 609. The lowest BCUT2D eigenvalue weighted by Gasteiger charge is -2.21. The van der Waals surface area contributed by atoms with Gasteiger partial charge >= 0.3 is 5.69 Å². The molecule has 118 valence electrons. The fraction of sp³-hybridized carbons (Fsp3) is 0.600. The zero-order chi connectivity index (χ0) is 15.5. The Hall–Kier alpha value is -1.27. The first-order chi connectivity index (χ1) is 9.94. The monoisotopic (exact) mass is 336 g/mol. The standard InChI is InChI=1S/C10H16N4O5S2/c11-13-10-8(14(15)16)5-9(20-10)21(17,18)12-6-7-1-3-19-4-2-7/h5,7,12-13H,1-4,6,11H2. The number of rotatable bonds is 6. The third kappa shape index (κ3) is 3.89. The van der Waals surface area contributed by atoms with Gasteiger partial charge in [0.1, 0.15) is 4.21 Å². The Morgan fingerprint density at radius 1 is 1.48 bits per heavy atom. The maximum atomic E-state index is 12.2. The van der Waals surface area contributed by atoms with Gasteiger partial charge in [-0.25, -0.2) is 19.0 Å². The summed E-state index contributed by atoms with van der Waals surface area (Å²) < 4.78 is 31.9. The average molecular weight is 336 g/mol. The third-order valence-corrected chi connectivity index (χ3v) is 6.14. The number of hydrogen-bond donors (Lipinski definition) is 3. The molecular weight excluding hydrogens is 320 g/mol. The molecule has 1 fully saturated rings. The highest BCUT2D eigenvalue weighted by molar-refractivity contribution is 7.91. The van der Waals surface area contributed by atoms with Gasteiger partial charge in [-0.05, 0) is 18.8 Å². The Labute approximate surface area is 125 Å². The highest BCUT2D eigenvalue weighted by Crippen LogP contribution is 2.36. The first kappa shape index (κ1) is 16.1. The number of nitrogen functional groups attached to an aromatic ring is 1. The van der Waals surface area contributed by atoms with Crippen molar-refractivity contribution in [1.82, 2.24) is 4.72 Å². The maximum Gasteiger partial charge on any atom is 0.306 e. The highest BCUT2D eigenvalue weighted by atomic mass is 32.2. The summed E-state index contributed by atoms with van der Waals surface area (Å²) in [7, 11) is -3.78. The molecule has 1 aromatic heterocycles. The number of anilines is 1. The highest BCUT2D eigenvalue weighted by Gasteiger charge is 2.26. The number of nitrogens with two attached hydrogens (primary N) is 1. The maximum absolute atomic E-state index is 12.2. The zero-order valence-electron chi connectivity index (χ0n) is 11.1. The molecule has 0 saturated carbocycles. The first-order valence-electron chi connectivity index (χ1n) is 6.26. The van der Waals surface area contributed by atoms with Crippen LogP contribution in [0, 0.1) is 16.0 Å². The molecule has 0 amide bonds. The lowest BCUT2D eigenvalue weighted by Crippen LogP contribution is -2.31. The fourth-order valence-electron chi connectivity index (χ4n) is 1.98. The van der Waals surface area contributed by atoms with Crippen molar-refractivity contribution in [2.45, 2.75) is 17.1 Å². The van der Waals surface area contributed by atoms with Crippen molar-refractivity contribution in [1.29, 1.82) is 0 Å². The summed E-state index contributed by atoms with van der Waals surface area (Å²) in [5, 5.41) is 10.8. The predicted octanol–water partition coefficient (Wildman–Crippen LogP) is 0.647. The molecule has 0 radical (unpaired) electrons. The second kappa shape index (κ2) is 6.66. The number of sulfonamides is 1. The van der Waals surface area contributed by atoms with Gasteiger partial charge in [0.2, 0.25) is 10.0 Å². The van der Waals surface area contributed by atoms with Crippen molar-refractivity contribution in [3.05, 3.63) is 16.2 Å². The Morgan fingerprint density at radius 2 is 2.14 bits per heavy atom. The summed E-state index contributed by atoms with van der Waals surface area (Å²) >= 11 is 0.728. The molecule has 2 rings (SSSR count). The molecule has 1 aliphatic rings. The van der Waals surface area contributed by atoms with Crippen LogP contribution in [0.15, 0.2) is 10.3 Å². The van der Waals surface area contributed by atoms with Gasteiger partial charge in [0.25, 0.3) is 0 Å². The summed E-state index contributed by atoms with van der Waals surface area (Å²) in [6.45, 7) is 1.54. The average Bonchev–Trinajstić information content (AvgIpc) is 2.92. The SMILES string of the molecule is NNc1sc(S(=O)(=O)NCC2CCOCC2)cc1[N+](=O)[O-]. The Balaban J connectivity index is 2.09. The zero-order valence-corrected chi connectivity index (χ0v) is 12.7. The third-order valence-electron chi connectivity index (χ3n) is 3.19. The molecule has 0 spiro atoms. The molecule has 0 unspecified atom stereocenters. The molecule has 0 aromatic carbocycles. The molecular formula is C10H16N4O5S2. The van der Waals surface area contributed by atoms with Gasteiger partial charge in [-0.3, -0.25) is 10.1 Å². The van der Waals surface area contributed by atoms with E-state index < -0.39 is 14.9 Å². The molecule has 2 heterocycles. The minimum Gasteiger partial charge on any atom is -0.381 e. The van der Waals surface area contributed by atoms with E-state index in [1.807, 2.05) is 0 Å². The normalized spacial score (nSPS) is 16.8. The lowest BCUT2D eigenvalue weighted by molar-refractivity contribution is -0.383. The van der Waals surface area contributed by atoms with E-state index in [0.29, 0.717) is 19.8 Å². The van der Waals surface area contributed by atoms with E-state index in [9.17, 15) is 18.5 Å². The van der Waals surface area contributed by atoms with Crippen molar-refractivity contribution in [2.24, 2.45) is 11.8 Å². The molecule has 1 aromatic rings. The number of nitrogens with zero attached hydrogens (tertiary/aromatic N) is 1. The number of nitrogens with one attached hydrogen (secondary N) is 2. The fourth-order valence-corrected chi connectivity index (χ4v) is 4.38. The summed E-state index contributed by atoms with van der Waals surface area (Å²) in [4.78, 5) is 10.1. The van der Waals surface area contributed by atoms with E-state index in [4.69, 9.17) is 10.6 Å². The van der Waals surface area contributed by atoms with Gasteiger partial charge in [-0.15, -0.1) is 0 Å². The van der Waals surface area contributed by atoms with Crippen molar-refractivity contribution in [3.63, 3.8) is 0 Å². The Morgan fingerprint density at radius 3 is 2.67 bits per heavy atom. The van der Waals surface area contributed by atoms with Gasteiger partial charge in [0.15, 0.2) is 5.00 Å². The summed E-state index contributed by atoms with van der Waals surface area (Å²) in [6.07, 6.45) is 1.59. The van der Waals surface area contributed by atoms with E-state index in [2.05, 4.69) is 10.1 Å². The topological polar surface area (TPSA) is 137 Å². The quantitative estimate of drug-likeness (QED) is 0.394. The Kier molecular flexibility index (Phi) is 5.11. The predicted molar refractivity (Wildman–Crippen MR) is 77.5 cm³/mol. The summed E-state index contributed by atoms with van der Waals surface area (Å²) in [5.41, 5.74) is 1.79. The van der Waals surface area contributed by atoms with Crippen molar-refractivity contribution in [3.8, 4) is 0 Å². The molecule has 4 N–H and O–H groups in total. The van der Waals surface area contributed by atoms with Crippen LogP contribution in [-0.2, 0) is 14.8 Å². The summed E-state index contributed by atoms with van der Waals surface area (Å²) in [6, 6.07) is 1.01. The van der Waals surface area contributed by atoms with Gasteiger partial charge in [0, 0.05) is 25.8 Å². The first-order valence-corrected chi connectivity index (χ1v) is 8.56. The van der Waals surface area contributed by atoms with Crippen LogP contribution in [0.25, 0.3) is 0 Å². The van der Waals surface area contributed by atoms with Crippen molar-refractivity contribution >= 4 is 32.0 Å². The van der Waals surface area contributed by atoms with Crippen LogP contribution in [0.2, 0.25) is 0 Å². The largest absolute Gasteiger partial charge is 0.381 e. The lowest BCUT2D eigenvalue weighted by atomic mass is 10.0. The molecule has 1 aliphatic heterocycles. The van der Waals surface area contributed by atoms with Crippen LogP contribution in [0.1, 0.15) is 12.8 Å². The number of thiophene rings is 1. The van der Waals surface area contributed by atoms with E-state index >= 15 is 0 Å². The minimum absolute atomic E-state index is 0.00596. The minimum atomic E-state index is -3.78. The van der Waals surface area contributed by atoms with E-state index in [1.165, 1.54) is 0 Å². The number of hydrogen-bond acceptors (Lipinski definition) is 8. The van der Waals surface area contributed by atoms with Crippen LogP contribution in [0.5, 0.6) is 0 Å². The molecule has 0 aliphatic carbocycles. The smallest absolute Gasteiger partial charge is 0.306 e. The number of ether oxygens (including phenoxy) is 1. The second-order valence-electron chi connectivity index (χ2n) is 4.59. The van der Waals surface area contributed by atoms with Gasteiger partial charge < -0.3 is 10.2 Å². The van der Waals surface area contributed by atoms with Gasteiger partial charge in [-0.2, -0.15) is 0 Å². The molecule has 0 bridgehead atoms. The van der Waals surface area contributed by atoms with Gasteiger partial charge in [0.05, 0.1) is 4.92 Å². The number of nitro groups is 1. The molecule has 21 heavy (non-hydrogen) atoms. The van der Waals surface area contributed by atoms with Crippen LogP contribution < -0.4 is 16.0 Å².